The number of aromatic nitrogens is 1. The smallest absolute Gasteiger partial charge is 0.405 e. The van der Waals surface area contributed by atoms with Gasteiger partial charge in [-0.1, -0.05) is 32.4 Å². The molecule has 1 aromatic heterocycles. The Bertz CT molecular complexity index is 1960. The van der Waals surface area contributed by atoms with Crippen molar-refractivity contribution in [1.29, 1.82) is 0 Å². The molecule has 1 aromatic carbocycles. The molecule has 2 aliphatic heterocycles. The second kappa shape index (κ2) is 14.3. The van der Waals surface area contributed by atoms with Gasteiger partial charge in [-0.2, -0.15) is 0 Å². The minimum absolute atomic E-state index is 0.00679. The molecule has 0 spiro atoms. The van der Waals surface area contributed by atoms with Crippen molar-refractivity contribution >= 4 is 44.6 Å². The summed E-state index contributed by atoms with van der Waals surface area (Å²) in [6.07, 6.45) is 5.54. The van der Waals surface area contributed by atoms with Crippen LogP contribution in [-0.4, -0.2) is 96.5 Å². The van der Waals surface area contributed by atoms with Crippen molar-refractivity contribution in [2.75, 3.05) is 20.8 Å². The first kappa shape index (κ1) is 38.1. The molecule has 2 aliphatic carbocycles. The largest absolute Gasteiger partial charge is 0.494 e. The first-order valence-electron chi connectivity index (χ1n) is 17.8. The molecule has 17 heteroatoms. The van der Waals surface area contributed by atoms with Gasteiger partial charge in [0.2, 0.25) is 27.7 Å². The average Bonchev–Trinajstić information content (AvgIpc) is 3.99. The molecule has 288 valence electrons. The Labute approximate surface area is 307 Å². The molecular formula is C36H46FN5O10S. The highest BCUT2D eigenvalue weighted by Gasteiger charge is 2.63. The number of halogens is 1. The van der Waals surface area contributed by atoms with Crippen LogP contribution >= 0.6 is 0 Å². The Morgan fingerprint density at radius 2 is 1.79 bits per heavy atom. The average molecular weight is 760 g/mol. The summed E-state index contributed by atoms with van der Waals surface area (Å²) in [7, 11) is -1.29. The molecule has 2 saturated carbocycles. The number of hydrogen-bond acceptors (Lipinski definition) is 10. The van der Waals surface area contributed by atoms with Gasteiger partial charge in [0.1, 0.15) is 29.5 Å². The van der Waals surface area contributed by atoms with E-state index in [1.165, 1.54) is 37.4 Å². The number of rotatable bonds is 8. The zero-order chi connectivity index (χ0) is 38.5. The second-order valence-corrected chi connectivity index (χ2v) is 17.2. The van der Waals surface area contributed by atoms with Gasteiger partial charge in [0, 0.05) is 17.7 Å². The van der Waals surface area contributed by atoms with Crippen molar-refractivity contribution in [3.63, 3.8) is 0 Å². The Hall–Kier alpha value is -4.67. The molecule has 4 aliphatic rings. The van der Waals surface area contributed by atoms with E-state index < -0.39 is 80.0 Å². The lowest BCUT2D eigenvalue weighted by Crippen LogP contribution is -2.59. The Balaban J connectivity index is 1.36. The van der Waals surface area contributed by atoms with Crippen LogP contribution in [-0.2, 0) is 24.4 Å². The Kier molecular flexibility index (Phi) is 10.3. The SMILES string of the molecule is COc1cc2c(OC)cnc(O[C@@H]3C[C@H]4C(=O)N[C@]5(C(=O)NS(=O)(=O)C6(C)CC6)C[C@H]5C=C[C@@H](C)CCC[C@@H](C)[C@H](NC(=O)O)C(=O)N4C3)c2cc1F. The van der Waals surface area contributed by atoms with Gasteiger partial charge >= 0.3 is 6.09 Å². The van der Waals surface area contributed by atoms with Gasteiger partial charge in [-0.3, -0.25) is 19.1 Å². The topological polar surface area (TPSA) is 203 Å². The lowest BCUT2D eigenvalue weighted by Gasteiger charge is -2.31. The number of nitrogens with one attached hydrogen (secondary N) is 3. The maximum Gasteiger partial charge on any atom is 0.405 e. The number of fused-ring (bicyclic) bond motifs is 3. The van der Waals surface area contributed by atoms with Gasteiger partial charge in [0.25, 0.3) is 5.91 Å². The fourth-order valence-electron chi connectivity index (χ4n) is 7.31. The van der Waals surface area contributed by atoms with E-state index in [9.17, 15) is 37.1 Å². The molecule has 6 rings (SSSR count). The number of allylic oxidation sites excluding steroid dienone is 1. The van der Waals surface area contributed by atoms with Gasteiger partial charge < -0.3 is 34.9 Å². The number of methoxy groups -OCH3 is 2. The van der Waals surface area contributed by atoms with Crippen molar-refractivity contribution in [2.24, 2.45) is 17.8 Å². The molecule has 1 saturated heterocycles. The zero-order valence-electron chi connectivity index (χ0n) is 30.3. The van der Waals surface area contributed by atoms with Gasteiger partial charge in [0.15, 0.2) is 11.6 Å². The zero-order valence-corrected chi connectivity index (χ0v) is 31.1. The van der Waals surface area contributed by atoms with Crippen molar-refractivity contribution in [1.82, 2.24) is 25.2 Å². The molecule has 7 atom stereocenters. The van der Waals surface area contributed by atoms with Gasteiger partial charge in [-0.15, -0.1) is 0 Å². The van der Waals surface area contributed by atoms with Crippen LogP contribution in [0.2, 0.25) is 0 Å². The highest BCUT2D eigenvalue weighted by Crippen LogP contribution is 2.48. The van der Waals surface area contributed by atoms with E-state index in [4.69, 9.17) is 14.2 Å². The van der Waals surface area contributed by atoms with E-state index in [1.54, 1.807) is 13.8 Å². The van der Waals surface area contributed by atoms with Crippen LogP contribution in [0.25, 0.3) is 10.8 Å². The number of pyridine rings is 1. The molecule has 15 nitrogen and oxygen atoms in total. The molecule has 4 N–H and O–H groups in total. The van der Waals surface area contributed by atoms with E-state index in [0.29, 0.717) is 43.2 Å². The molecule has 0 bridgehead atoms. The molecule has 0 unspecified atom stereocenters. The summed E-state index contributed by atoms with van der Waals surface area (Å²) < 4.78 is 59.2. The monoisotopic (exact) mass is 759 g/mol. The Morgan fingerprint density at radius 1 is 1.08 bits per heavy atom. The summed E-state index contributed by atoms with van der Waals surface area (Å²) in [5, 5.41) is 15.6. The van der Waals surface area contributed by atoms with Gasteiger partial charge in [-0.05, 0) is 63.0 Å². The molecule has 0 radical (unpaired) electrons. The molecule has 4 amide bonds. The fraction of sp³-hybridized carbons (Fsp3) is 0.583. The third-order valence-corrected chi connectivity index (χ3v) is 13.3. The molecule has 3 fully saturated rings. The van der Waals surface area contributed by atoms with Crippen LogP contribution in [0.5, 0.6) is 17.4 Å². The number of sulfonamides is 1. The highest BCUT2D eigenvalue weighted by molar-refractivity contribution is 7.91. The van der Waals surface area contributed by atoms with Crippen molar-refractivity contribution < 1.29 is 51.3 Å². The van der Waals surface area contributed by atoms with E-state index >= 15 is 0 Å². The third-order valence-electron chi connectivity index (χ3n) is 11.1. The molecule has 2 aromatic rings. The van der Waals surface area contributed by atoms with Crippen LogP contribution in [0.1, 0.15) is 65.7 Å². The van der Waals surface area contributed by atoms with Crippen molar-refractivity contribution in [3.8, 4) is 17.4 Å². The minimum atomic E-state index is -4.04. The number of nitrogens with zero attached hydrogens (tertiary/aromatic N) is 2. The Morgan fingerprint density at radius 3 is 2.45 bits per heavy atom. The number of benzene rings is 1. The molecule has 53 heavy (non-hydrogen) atoms. The predicted molar refractivity (Wildman–Crippen MR) is 189 cm³/mol. The number of amides is 4. The number of hydrogen-bond donors (Lipinski definition) is 4. The van der Waals surface area contributed by atoms with Crippen LogP contribution in [0.3, 0.4) is 0 Å². The summed E-state index contributed by atoms with van der Waals surface area (Å²) in [6, 6.07) is 0.150. The number of carbonyl (C=O) groups excluding carboxylic acids is 3. The summed E-state index contributed by atoms with van der Waals surface area (Å²) >= 11 is 0. The third kappa shape index (κ3) is 7.44. The quantitative estimate of drug-likeness (QED) is 0.288. The standard InChI is InChI=1S/C36H46FN5O10S/c1-19-7-6-8-20(2)29(39-34(46)47)32(44)42-18-22(52-31-24-14-25(37)27(50-4)15-23(24)28(51-5)17-38-31)13-26(42)30(43)40-36(16-21(36)10-9-19)33(45)41-53(48,49)35(3)11-12-35/h9-10,14-15,17,19-22,26,29,39H,6-8,11-13,16,18H2,1-5H3,(H,40,43)(H,41,45)(H,46,47)/t19-,20+,21+,22+,26-,29-,36+/m0/s1. The van der Waals surface area contributed by atoms with Crippen molar-refractivity contribution in [3.05, 3.63) is 36.3 Å². The number of carbonyl (C=O) groups is 4. The maximum absolute atomic E-state index is 14.9. The van der Waals surface area contributed by atoms with Gasteiger partial charge in [0.05, 0.1) is 37.1 Å². The van der Waals surface area contributed by atoms with E-state index in [0.717, 1.165) is 0 Å². The first-order valence-corrected chi connectivity index (χ1v) is 19.2. The van der Waals surface area contributed by atoms with Crippen LogP contribution in [0.15, 0.2) is 30.5 Å². The minimum Gasteiger partial charge on any atom is -0.494 e. The maximum atomic E-state index is 14.9. The first-order chi connectivity index (χ1) is 25.0. The van der Waals surface area contributed by atoms with E-state index in [2.05, 4.69) is 20.3 Å². The lowest BCUT2D eigenvalue weighted by atomic mass is 9.92. The normalized spacial score (nSPS) is 29.8. The molecular weight excluding hydrogens is 713 g/mol. The van der Waals surface area contributed by atoms with Crippen LogP contribution in [0.4, 0.5) is 9.18 Å². The van der Waals surface area contributed by atoms with E-state index in [1.807, 2.05) is 19.1 Å². The lowest BCUT2D eigenvalue weighted by molar-refractivity contribution is -0.142. The summed E-state index contributed by atoms with van der Waals surface area (Å²) in [5.41, 5.74) is -1.60. The molecule has 3 heterocycles. The second-order valence-electron chi connectivity index (χ2n) is 15.0. The van der Waals surface area contributed by atoms with Crippen LogP contribution in [0, 0.1) is 23.6 Å². The van der Waals surface area contributed by atoms with Crippen LogP contribution < -0.4 is 29.6 Å². The summed E-state index contributed by atoms with van der Waals surface area (Å²) in [5.74, 6) is -3.58. The number of carboxylic acid groups (broad SMARTS) is 1. The fourth-order valence-corrected chi connectivity index (χ4v) is 8.62. The van der Waals surface area contributed by atoms with E-state index in [-0.39, 0.29) is 42.3 Å². The number of ether oxygens (including phenoxy) is 3. The highest BCUT2D eigenvalue weighted by atomic mass is 32.2. The van der Waals surface area contributed by atoms with Gasteiger partial charge in [-0.25, -0.2) is 22.6 Å². The summed E-state index contributed by atoms with van der Waals surface area (Å²) in [4.78, 5) is 60.0. The predicted octanol–water partition coefficient (Wildman–Crippen LogP) is 3.26. The summed E-state index contributed by atoms with van der Waals surface area (Å²) in [6.45, 7) is 5.13. The van der Waals surface area contributed by atoms with Crippen molar-refractivity contribution in [2.45, 2.75) is 94.2 Å².